The summed E-state index contributed by atoms with van der Waals surface area (Å²) in [5.41, 5.74) is 0. The van der Waals surface area contributed by atoms with Gasteiger partial charge in [-0.05, 0) is 44.6 Å². The fourth-order valence-electron chi connectivity index (χ4n) is 3.36. The van der Waals surface area contributed by atoms with Gasteiger partial charge in [-0.2, -0.15) is 0 Å². The Labute approximate surface area is 131 Å². The zero-order valence-electron chi connectivity index (χ0n) is 13.2. The Bertz CT molecular complexity index is 568. The number of carbonyl (C=O) groups excluding carboxylic acids is 1. The van der Waals surface area contributed by atoms with Crippen molar-refractivity contribution in [1.82, 2.24) is 14.9 Å². The van der Waals surface area contributed by atoms with Gasteiger partial charge in [-0.1, -0.05) is 0 Å². The van der Waals surface area contributed by atoms with Crippen LogP contribution in [0.2, 0.25) is 0 Å². The summed E-state index contributed by atoms with van der Waals surface area (Å²) in [6.07, 6.45) is 8.72. The lowest BCUT2D eigenvalue weighted by Gasteiger charge is -2.38. The molecule has 1 amide bonds. The van der Waals surface area contributed by atoms with E-state index in [0.29, 0.717) is 23.8 Å². The molecule has 1 aromatic rings. The first-order valence-electron chi connectivity index (χ1n) is 8.57. The summed E-state index contributed by atoms with van der Waals surface area (Å²) in [6, 6.07) is 2.33. The quantitative estimate of drug-likeness (QED) is 0.855. The fourth-order valence-corrected chi connectivity index (χ4v) is 3.36. The van der Waals surface area contributed by atoms with Gasteiger partial charge in [-0.25, -0.2) is 9.97 Å². The van der Waals surface area contributed by atoms with Crippen LogP contribution in [0.3, 0.4) is 0 Å². The Morgan fingerprint density at radius 3 is 2.82 bits per heavy atom. The molecule has 0 radical (unpaired) electrons. The van der Waals surface area contributed by atoms with E-state index in [-0.39, 0.29) is 0 Å². The van der Waals surface area contributed by atoms with Crippen molar-refractivity contribution in [2.75, 3.05) is 25.0 Å². The third-order valence-corrected chi connectivity index (χ3v) is 5.14. The Morgan fingerprint density at radius 1 is 1.27 bits per heavy atom. The predicted octanol–water partition coefficient (Wildman–Crippen LogP) is 2.19. The molecule has 3 fully saturated rings. The van der Waals surface area contributed by atoms with Gasteiger partial charge in [0.05, 0.1) is 0 Å². The van der Waals surface area contributed by atoms with Crippen LogP contribution in [0.25, 0.3) is 0 Å². The first kappa shape index (κ1) is 14.0. The van der Waals surface area contributed by atoms with Crippen molar-refractivity contribution < 1.29 is 4.79 Å². The van der Waals surface area contributed by atoms with Gasteiger partial charge >= 0.3 is 0 Å². The highest BCUT2D eigenvalue weighted by atomic mass is 16.2. The second kappa shape index (κ2) is 5.52. The molecule has 2 saturated carbocycles. The second-order valence-corrected chi connectivity index (χ2v) is 7.01. The number of carbonyl (C=O) groups is 1. The molecule has 1 aromatic heterocycles. The van der Waals surface area contributed by atoms with Crippen LogP contribution < -0.4 is 4.90 Å². The van der Waals surface area contributed by atoms with E-state index >= 15 is 0 Å². The molecule has 2 aliphatic carbocycles. The Hall–Kier alpha value is -1.65. The summed E-state index contributed by atoms with van der Waals surface area (Å²) >= 11 is 0. The molecule has 5 heteroatoms. The average molecular weight is 300 g/mol. The molecule has 5 nitrogen and oxygen atoms in total. The van der Waals surface area contributed by atoms with Gasteiger partial charge in [-0.3, -0.25) is 4.79 Å². The molecule has 3 aliphatic rings. The first-order chi connectivity index (χ1) is 10.7. The van der Waals surface area contributed by atoms with E-state index in [0.717, 1.165) is 50.4 Å². The number of hydrogen-bond acceptors (Lipinski definition) is 4. The van der Waals surface area contributed by atoms with Crippen LogP contribution in [0.5, 0.6) is 0 Å². The van der Waals surface area contributed by atoms with Crippen LogP contribution in [0.1, 0.15) is 50.3 Å². The predicted molar refractivity (Wildman–Crippen MR) is 84.7 cm³/mol. The molecule has 0 spiro atoms. The maximum atomic E-state index is 12.3. The highest BCUT2D eigenvalue weighted by Crippen LogP contribution is 2.38. The van der Waals surface area contributed by atoms with Crippen molar-refractivity contribution in [2.45, 2.75) is 50.5 Å². The molecular weight excluding hydrogens is 276 g/mol. The van der Waals surface area contributed by atoms with Crippen LogP contribution in [-0.2, 0) is 4.79 Å². The van der Waals surface area contributed by atoms with Crippen molar-refractivity contribution in [3.63, 3.8) is 0 Å². The maximum absolute atomic E-state index is 12.3. The van der Waals surface area contributed by atoms with Crippen LogP contribution in [-0.4, -0.2) is 47.0 Å². The van der Waals surface area contributed by atoms with E-state index in [1.165, 1.54) is 12.8 Å². The first-order valence-corrected chi connectivity index (χ1v) is 8.57. The van der Waals surface area contributed by atoms with Gasteiger partial charge in [0, 0.05) is 44.2 Å². The molecule has 1 aliphatic heterocycles. The van der Waals surface area contributed by atoms with Crippen molar-refractivity contribution in [3.8, 4) is 0 Å². The minimum atomic E-state index is 0.306. The normalized spacial score (nSPS) is 25.1. The van der Waals surface area contributed by atoms with Gasteiger partial charge in [0.2, 0.25) is 5.91 Å². The lowest BCUT2D eigenvalue weighted by atomic mass is 10.0. The topological polar surface area (TPSA) is 49.3 Å². The number of hydrogen-bond donors (Lipinski definition) is 0. The number of amides is 1. The van der Waals surface area contributed by atoms with E-state index in [4.69, 9.17) is 4.98 Å². The van der Waals surface area contributed by atoms with E-state index in [2.05, 4.69) is 9.88 Å². The average Bonchev–Trinajstić information content (AvgIpc) is 3.45. The molecule has 1 atom stereocenters. The summed E-state index contributed by atoms with van der Waals surface area (Å²) in [5.74, 6) is 3.27. The van der Waals surface area contributed by atoms with Crippen molar-refractivity contribution in [3.05, 3.63) is 18.1 Å². The largest absolute Gasteiger partial charge is 0.354 e. The second-order valence-electron chi connectivity index (χ2n) is 7.01. The highest BCUT2D eigenvalue weighted by Gasteiger charge is 2.36. The Morgan fingerprint density at radius 2 is 2.09 bits per heavy atom. The summed E-state index contributed by atoms with van der Waals surface area (Å²) in [5, 5.41) is 0. The van der Waals surface area contributed by atoms with Gasteiger partial charge < -0.3 is 9.80 Å². The van der Waals surface area contributed by atoms with Crippen LogP contribution in [0.15, 0.2) is 12.3 Å². The van der Waals surface area contributed by atoms with Crippen LogP contribution >= 0.6 is 0 Å². The number of piperidine rings is 1. The van der Waals surface area contributed by atoms with Crippen molar-refractivity contribution in [2.24, 2.45) is 5.92 Å². The SMILES string of the molecule is CN(C(=O)C1CC1)C1CCCN(c2ccnc(C3CC3)n2)C1. The minimum Gasteiger partial charge on any atom is -0.354 e. The molecule has 1 unspecified atom stereocenters. The van der Waals surface area contributed by atoms with Crippen molar-refractivity contribution >= 4 is 11.7 Å². The molecule has 2 heterocycles. The third kappa shape index (κ3) is 2.81. The molecule has 0 aromatic carbocycles. The fraction of sp³-hybridized carbons (Fsp3) is 0.706. The Kier molecular flexibility index (Phi) is 3.51. The lowest BCUT2D eigenvalue weighted by Crippen LogP contribution is -2.49. The molecule has 118 valence electrons. The number of likely N-dealkylation sites (N-methyl/N-ethyl adjacent to an activating group) is 1. The number of anilines is 1. The van der Waals surface area contributed by atoms with Crippen LogP contribution in [0, 0.1) is 5.92 Å². The van der Waals surface area contributed by atoms with E-state index in [9.17, 15) is 4.79 Å². The summed E-state index contributed by atoms with van der Waals surface area (Å²) in [7, 11) is 1.98. The van der Waals surface area contributed by atoms with Gasteiger partial charge in [0.1, 0.15) is 11.6 Å². The Balaban J connectivity index is 1.45. The highest BCUT2D eigenvalue weighted by molar-refractivity contribution is 5.81. The zero-order valence-corrected chi connectivity index (χ0v) is 13.2. The minimum absolute atomic E-state index is 0.306. The molecule has 22 heavy (non-hydrogen) atoms. The van der Waals surface area contributed by atoms with Crippen LogP contribution in [0.4, 0.5) is 5.82 Å². The standard InChI is InChI=1S/C17H24N4O/c1-20(17(22)13-6-7-13)14-3-2-10-21(11-14)15-8-9-18-16(19-15)12-4-5-12/h8-9,12-14H,2-7,10-11H2,1H3. The van der Waals surface area contributed by atoms with Gasteiger partial charge in [0.15, 0.2) is 0 Å². The number of rotatable bonds is 4. The molecule has 4 rings (SSSR count). The van der Waals surface area contributed by atoms with Gasteiger partial charge in [-0.15, -0.1) is 0 Å². The zero-order chi connectivity index (χ0) is 15.1. The molecule has 0 bridgehead atoms. The molecule has 1 saturated heterocycles. The third-order valence-electron chi connectivity index (χ3n) is 5.14. The van der Waals surface area contributed by atoms with E-state index in [1.54, 1.807) is 0 Å². The smallest absolute Gasteiger partial charge is 0.225 e. The summed E-state index contributed by atoms with van der Waals surface area (Å²) in [6.45, 7) is 1.93. The summed E-state index contributed by atoms with van der Waals surface area (Å²) < 4.78 is 0. The molecule has 0 N–H and O–H groups in total. The van der Waals surface area contributed by atoms with Gasteiger partial charge in [0.25, 0.3) is 0 Å². The number of aromatic nitrogens is 2. The summed E-state index contributed by atoms with van der Waals surface area (Å²) in [4.78, 5) is 25.8. The number of nitrogens with zero attached hydrogens (tertiary/aromatic N) is 4. The maximum Gasteiger partial charge on any atom is 0.225 e. The monoisotopic (exact) mass is 300 g/mol. The van der Waals surface area contributed by atoms with E-state index < -0.39 is 0 Å². The molecular formula is C17H24N4O. The van der Waals surface area contributed by atoms with Crippen molar-refractivity contribution in [1.29, 1.82) is 0 Å². The van der Waals surface area contributed by atoms with E-state index in [1.807, 2.05) is 24.2 Å². The lowest BCUT2D eigenvalue weighted by molar-refractivity contribution is -0.133.